The molecule has 1 aliphatic rings. The minimum Gasteiger partial charge on any atom is -0.448 e. The summed E-state index contributed by atoms with van der Waals surface area (Å²) in [5.74, 6) is 1.98. The zero-order valence-corrected chi connectivity index (χ0v) is 20.0. The number of thioether (sulfide) groups is 1. The number of nitrogens with zero attached hydrogens (tertiary/aromatic N) is 3. The Labute approximate surface area is 201 Å². The van der Waals surface area contributed by atoms with E-state index in [4.69, 9.17) is 18.8 Å². The Bertz CT molecular complexity index is 1570. The van der Waals surface area contributed by atoms with Gasteiger partial charge in [-0.1, -0.05) is 54.4 Å². The van der Waals surface area contributed by atoms with Crippen LogP contribution >= 0.6 is 11.8 Å². The molecule has 7 heteroatoms. The third kappa shape index (κ3) is 3.64. The lowest BCUT2D eigenvalue weighted by atomic mass is 10.1. The molecule has 0 N–H and O–H groups in total. The van der Waals surface area contributed by atoms with Crippen LogP contribution in [-0.4, -0.2) is 14.5 Å². The Hall–Kier alpha value is -3.32. The number of hydrogen-bond acceptors (Lipinski definition) is 6. The molecule has 0 saturated heterocycles. The predicted molar refractivity (Wildman–Crippen MR) is 134 cm³/mol. The van der Waals surface area contributed by atoms with Gasteiger partial charge < -0.3 is 8.83 Å². The summed E-state index contributed by atoms with van der Waals surface area (Å²) in [7, 11) is 0. The number of oxazole rings is 1. The molecular weight excluding hydrogens is 446 g/mol. The number of rotatable bonds is 5. The zero-order chi connectivity index (χ0) is 23.2. The van der Waals surface area contributed by atoms with E-state index in [1.54, 1.807) is 11.8 Å². The molecule has 0 bridgehead atoms. The van der Waals surface area contributed by atoms with Crippen molar-refractivity contribution in [2.45, 2.75) is 56.5 Å². The van der Waals surface area contributed by atoms with Gasteiger partial charge in [-0.3, -0.25) is 9.36 Å². The highest BCUT2D eigenvalue weighted by Gasteiger charge is 2.26. The van der Waals surface area contributed by atoms with Crippen LogP contribution in [0, 0.1) is 13.8 Å². The molecule has 3 aromatic heterocycles. The van der Waals surface area contributed by atoms with Gasteiger partial charge in [-0.15, -0.1) is 0 Å². The van der Waals surface area contributed by atoms with Crippen LogP contribution in [0.1, 0.15) is 48.7 Å². The first kappa shape index (κ1) is 21.2. The van der Waals surface area contributed by atoms with Crippen molar-refractivity contribution in [2.75, 3.05) is 0 Å². The van der Waals surface area contributed by atoms with Crippen molar-refractivity contribution in [3.63, 3.8) is 0 Å². The molecule has 6 nitrogen and oxygen atoms in total. The van der Waals surface area contributed by atoms with Crippen LogP contribution in [0.4, 0.5) is 0 Å². The Morgan fingerprint density at radius 3 is 2.68 bits per heavy atom. The summed E-state index contributed by atoms with van der Waals surface area (Å²) in [4.78, 5) is 23.3. The maximum absolute atomic E-state index is 13.6. The van der Waals surface area contributed by atoms with Gasteiger partial charge in [0, 0.05) is 22.7 Å². The van der Waals surface area contributed by atoms with Crippen LogP contribution in [0.25, 0.3) is 33.5 Å². The third-order valence-electron chi connectivity index (χ3n) is 6.58. The first-order chi connectivity index (χ1) is 16.6. The normalized spacial score (nSPS) is 14.5. The minimum atomic E-state index is -0.0899. The lowest BCUT2D eigenvalue weighted by molar-refractivity contribution is 0.452. The lowest BCUT2D eigenvalue weighted by Gasteiger charge is -2.17. The first-order valence-electron chi connectivity index (χ1n) is 11.7. The number of furan rings is 1. The van der Waals surface area contributed by atoms with E-state index in [2.05, 4.69) is 19.1 Å². The number of para-hydroxylation sites is 1. The van der Waals surface area contributed by atoms with Crippen molar-refractivity contribution in [1.29, 1.82) is 0 Å². The van der Waals surface area contributed by atoms with Crippen molar-refractivity contribution >= 4 is 33.8 Å². The third-order valence-corrected chi connectivity index (χ3v) is 7.55. The summed E-state index contributed by atoms with van der Waals surface area (Å²) >= 11 is 1.54. The van der Waals surface area contributed by atoms with Gasteiger partial charge in [0.2, 0.25) is 11.5 Å². The Kier molecular flexibility index (Phi) is 5.29. The molecule has 1 saturated carbocycles. The minimum absolute atomic E-state index is 0.0899. The number of benzene rings is 2. The highest BCUT2D eigenvalue weighted by Crippen LogP contribution is 2.35. The van der Waals surface area contributed by atoms with Gasteiger partial charge in [0.15, 0.2) is 5.16 Å². The maximum atomic E-state index is 13.6. The van der Waals surface area contributed by atoms with E-state index < -0.39 is 0 Å². The van der Waals surface area contributed by atoms with Crippen LogP contribution in [0.3, 0.4) is 0 Å². The number of hydrogen-bond donors (Lipinski definition) is 0. The molecule has 0 atom stereocenters. The van der Waals surface area contributed by atoms with E-state index in [0.717, 1.165) is 58.8 Å². The molecule has 3 heterocycles. The molecule has 2 aromatic carbocycles. The average molecular weight is 472 g/mol. The Balaban J connectivity index is 1.40. The quantitative estimate of drug-likeness (QED) is 0.207. The van der Waals surface area contributed by atoms with E-state index in [1.807, 2.05) is 47.9 Å². The molecule has 1 fully saturated rings. The van der Waals surface area contributed by atoms with E-state index in [-0.39, 0.29) is 11.6 Å². The fraction of sp³-hybridized carbons (Fsp3) is 0.296. The van der Waals surface area contributed by atoms with E-state index >= 15 is 0 Å². The fourth-order valence-corrected chi connectivity index (χ4v) is 5.88. The highest BCUT2D eigenvalue weighted by molar-refractivity contribution is 7.98. The summed E-state index contributed by atoms with van der Waals surface area (Å²) in [6.07, 6.45) is 4.23. The van der Waals surface area contributed by atoms with Crippen LogP contribution in [-0.2, 0) is 5.75 Å². The van der Waals surface area contributed by atoms with Crippen molar-refractivity contribution in [3.05, 3.63) is 75.9 Å². The van der Waals surface area contributed by atoms with Crippen LogP contribution in [0.15, 0.2) is 67.3 Å². The monoisotopic (exact) mass is 471 g/mol. The zero-order valence-electron chi connectivity index (χ0n) is 19.2. The van der Waals surface area contributed by atoms with E-state index in [9.17, 15) is 4.79 Å². The van der Waals surface area contributed by atoms with Crippen molar-refractivity contribution in [3.8, 4) is 11.5 Å². The van der Waals surface area contributed by atoms with Gasteiger partial charge in [-0.2, -0.15) is 0 Å². The van der Waals surface area contributed by atoms with Crippen molar-refractivity contribution in [1.82, 2.24) is 14.5 Å². The molecule has 6 rings (SSSR count). The largest absolute Gasteiger partial charge is 0.448 e. The second-order valence-electron chi connectivity index (χ2n) is 8.96. The van der Waals surface area contributed by atoms with Gasteiger partial charge in [0.1, 0.15) is 16.9 Å². The first-order valence-corrected chi connectivity index (χ1v) is 12.7. The van der Waals surface area contributed by atoms with Crippen LogP contribution in [0.5, 0.6) is 0 Å². The van der Waals surface area contributed by atoms with E-state index in [1.165, 1.54) is 0 Å². The lowest BCUT2D eigenvalue weighted by Crippen LogP contribution is -2.26. The summed E-state index contributed by atoms with van der Waals surface area (Å²) in [6.45, 7) is 3.99. The number of fused-ring (bicyclic) bond motifs is 3. The van der Waals surface area contributed by atoms with E-state index in [0.29, 0.717) is 28.3 Å². The van der Waals surface area contributed by atoms with Gasteiger partial charge in [0.05, 0.1) is 5.69 Å². The SMILES string of the molecule is Cc1cccc(-c2nc(CSc3nc4c(oc5ccccc54)c(=O)n3C3CCCC3)c(C)o2)c1. The molecule has 0 radical (unpaired) electrons. The Morgan fingerprint density at radius 2 is 1.85 bits per heavy atom. The second kappa shape index (κ2) is 8.47. The van der Waals surface area contributed by atoms with Crippen LogP contribution in [0.2, 0.25) is 0 Å². The molecule has 5 aromatic rings. The molecule has 0 unspecified atom stereocenters. The van der Waals surface area contributed by atoms with Crippen LogP contribution < -0.4 is 5.56 Å². The van der Waals surface area contributed by atoms with Crippen molar-refractivity contribution < 1.29 is 8.83 Å². The summed E-state index contributed by atoms with van der Waals surface area (Å²) in [5, 5.41) is 1.59. The fourth-order valence-electron chi connectivity index (χ4n) is 4.82. The summed E-state index contributed by atoms with van der Waals surface area (Å²) in [5.41, 5.74) is 4.57. The number of aryl methyl sites for hydroxylation is 2. The van der Waals surface area contributed by atoms with Gasteiger partial charge >= 0.3 is 0 Å². The molecule has 0 aliphatic heterocycles. The maximum Gasteiger partial charge on any atom is 0.298 e. The average Bonchev–Trinajstić information content (AvgIpc) is 3.57. The summed E-state index contributed by atoms with van der Waals surface area (Å²) in [6, 6.07) is 16.0. The molecule has 0 spiro atoms. The predicted octanol–water partition coefficient (Wildman–Crippen LogP) is 6.82. The smallest absolute Gasteiger partial charge is 0.298 e. The van der Waals surface area contributed by atoms with Gasteiger partial charge in [0.25, 0.3) is 5.56 Å². The topological polar surface area (TPSA) is 74.1 Å². The molecular formula is C27H25N3O3S. The molecule has 34 heavy (non-hydrogen) atoms. The van der Waals surface area contributed by atoms with Gasteiger partial charge in [-0.25, -0.2) is 9.97 Å². The van der Waals surface area contributed by atoms with Crippen molar-refractivity contribution in [2.24, 2.45) is 0 Å². The molecule has 0 amide bonds. The summed E-state index contributed by atoms with van der Waals surface area (Å²) < 4.78 is 13.8. The standard InChI is InChI=1S/C27H25N3O3S/c1-16-8-7-9-18(14-16)25-28-21(17(2)32-25)15-34-27-29-23-20-12-5-6-13-22(20)33-24(23)26(31)30(27)19-10-3-4-11-19/h5-9,12-14,19H,3-4,10-11,15H2,1-2H3. The second-order valence-corrected chi connectivity index (χ2v) is 9.91. The highest BCUT2D eigenvalue weighted by atomic mass is 32.2. The van der Waals surface area contributed by atoms with Gasteiger partial charge in [-0.05, 0) is 51.0 Å². The molecule has 1 aliphatic carbocycles. The Morgan fingerprint density at radius 1 is 1.03 bits per heavy atom. The number of aromatic nitrogens is 3. The molecule has 172 valence electrons.